The van der Waals surface area contributed by atoms with Crippen molar-refractivity contribution < 1.29 is 41.9 Å². The lowest BCUT2D eigenvalue weighted by Gasteiger charge is -2.50. The molecule has 2 aliphatic carbocycles. The molecule has 0 aromatic heterocycles. The van der Waals surface area contributed by atoms with Gasteiger partial charge in [0, 0.05) is 38.2 Å². The summed E-state index contributed by atoms with van der Waals surface area (Å²) in [5, 5.41) is 0. The molecular weight excluding hydrogens is 520 g/mol. The first-order valence-electron chi connectivity index (χ1n) is 14.4. The van der Waals surface area contributed by atoms with Crippen molar-refractivity contribution in [2.45, 2.75) is 110 Å². The Balaban J connectivity index is 1.40. The Morgan fingerprint density at radius 2 is 1.38 bits per heavy atom. The minimum Gasteiger partial charge on any atom is -0.494 e. The van der Waals surface area contributed by atoms with Crippen molar-refractivity contribution in [2.24, 2.45) is 11.8 Å². The van der Waals surface area contributed by atoms with E-state index in [1.165, 1.54) is 59.3 Å². The average Bonchev–Trinajstić information content (AvgIpc) is 2.90. The summed E-state index contributed by atoms with van der Waals surface area (Å²) in [7, 11) is -3.86. The van der Waals surface area contributed by atoms with Crippen LogP contribution in [0.5, 0.6) is 11.5 Å². The quantitative estimate of drug-likeness (QED) is 0.256. The minimum atomic E-state index is -3.86. The summed E-state index contributed by atoms with van der Waals surface area (Å²) in [5.74, 6) is -0.205. The van der Waals surface area contributed by atoms with Crippen LogP contribution in [-0.4, -0.2) is 39.1 Å². The predicted octanol–water partition coefficient (Wildman–Crippen LogP) is 5.85. The molecule has 216 valence electrons. The van der Waals surface area contributed by atoms with Crippen molar-refractivity contribution >= 4 is 26.7 Å². The van der Waals surface area contributed by atoms with Crippen LogP contribution in [0.4, 0.5) is 0 Å². The van der Waals surface area contributed by atoms with E-state index >= 15 is 0 Å². The Hall–Kier alpha value is -2.59. The minimum absolute atomic E-state index is 0.0637. The topological polar surface area (TPSA) is 107 Å². The van der Waals surface area contributed by atoms with Crippen molar-refractivity contribution in [1.29, 1.82) is 0 Å². The van der Waals surface area contributed by atoms with Gasteiger partial charge in [0.25, 0.3) is 17.9 Å². The SMILES string of the molecule is CC(=O)O[Si](CCCOc1ccc2c(c1)COC(C1CCCCC1)(C1CCCCC1)O2)(OC(C)=O)OC(C)=O. The Kier molecular flexibility index (Phi) is 9.93. The fourth-order valence-electron chi connectivity index (χ4n) is 6.35. The maximum atomic E-state index is 11.6. The van der Waals surface area contributed by atoms with Gasteiger partial charge in [-0.3, -0.25) is 14.4 Å². The van der Waals surface area contributed by atoms with Gasteiger partial charge in [-0.1, -0.05) is 38.5 Å². The van der Waals surface area contributed by atoms with Gasteiger partial charge in [0.1, 0.15) is 11.5 Å². The van der Waals surface area contributed by atoms with E-state index in [2.05, 4.69) is 0 Å². The van der Waals surface area contributed by atoms with Crippen LogP contribution in [0.25, 0.3) is 0 Å². The normalized spacial score (nSPS) is 19.8. The highest BCUT2D eigenvalue weighted by Crippen LogP contribution is 2.49. The Bertz CT molecular complexity index is 955. The van der Waals surface area contributed by atoms with Crippen LogP contribution in [0, 0.1) is 11.8 Å². The van der Waals surface area contributed by atoms with E-state index in [9.17, 15) is 14.4 Å². The van der Waals surface area contributed by atoms with Crippen molar-refractivity contribution in [3.8, 4) is 11.5 Å². The van der Waals surface area contributed by atoms with Gasteiger partial charge in [0.15, 0.2) is 0 Å². The lowest BCUT2D eigenvalue weighted by atomic mass is 9.72. The molecule has 0 atom stereocenters. The molecule has 0 saturated heterocycles. The van der Waals surface area contributed by atoms with Crippen molar-refractivity contribution in [3.63, 3.8) is 0 Å². The summed E-state index contributed by atoms with van der Waals surface area (Å²) >= 11 is 0. The molecule has 1 aliphatic heterocycles. The summed E-state index contributed by atoms with van der Waals surface area (Å²) in [5.41, 5.74) is 0.957. The fraction of sp³-hybridized carbons (Fsp3) is 0.690. The van der Waals surface area contributed by atoms with Crippen LogP contribution in [-0.2, 0) is 39.0 Å². The maximum Gasteiger partial charge on any atom is 0.705 e. The molecule has 2 fully saturated rings. The molecule has 0 N–H and O–H groups in total. The van der Waals surface area contributed by atoms with E-state index in [1.54, 1.807) is 0 Å². The van der Waals surface area contributed by atoms with Gasteiger partial charge in [-0.25, -0.2) is 0 Å². The van der Waals surface area contributed by atoms with Crippen LogP contribution in [0.1, 0.15) is 97.0 Å². The number of fused-ring (bicyclic) bond motifs is 1. The molecule has 1 aromatic rings. The molecule has 0 amide bonds. The smallest absolute Gasteiger partial charge is 0.494 e. The second kappa shape index (κ2) is 13.2. The standard InChI is InChI=1S/C29H42O9Si/c1-21(30)36-39(37-22(2)31,38-23(3)32)18-10-17-33-27-15-16-28-24(19-27)20-34-29(35-28,25-11-6-4-7-12-25)26-13-8-5-9-14-26/h15-16,19,25-26H,4-14,17-18,20H2,1-3H3. The highest BCUT2D eigenvalue weighted by Gasteiger charge is 2.52. The van der Waals surface area contributed by atoms with Crippen LogP contribution >= 0.6 is 0 Å². The zero-order valence-corrected chi connectivity index (χ0v) is 24.5. The molecule has 10 heteroatoms. The Labute approximate surface area is 232 Å². The van der Waals surface area contributed by atoms with E-state index in [4.69, 9.17) is 27.5 Å². The van der Waals surface area contributed by atoms with Gasteiger partial charge < -0.3 is 27.5 Å². The number of hydrogen-bond donors (Lipinski definition) is 0. The monoisotopic (exact) mass is 562 g/mol. The lowest BCUT2D eigenvalue weighted by molar-refractivity contribution is -0.278. The highest BCUT2D eigenvalue weighted by molar-refractivity contribution is 6.65. The van der Waals surface area contributed by atoms with Gasteiger partial charge in [-0.05, 0) is 50.3 Å². The molecule has 9 nitrogen and oxygen atoms in total. The van der Waals surface area contributed by atoms with Gasteiger partial charge >= 0.3 is 8.80 Å². The number of ether oxygens (including phenoxy) is 3. The molecule has 2 saturated carbocycles. The summed E-state index contributed by atoms with van der Waals surface area (Å²) < 4.78 is 35.2. The van der Waals surface area contributed by atoms with Crippen molar-refractivity contribution in [3.05, 3.63) is 23.8 Å². The average molecular weight is 563 g/mol. The van der Waals surface area contributed by atoms with E-state index in [1.807, 2.05) is 18.2 Å². The molecule has 3 aliphatic rings. The maximum absolute atomic E-state index is 11.6. The third-order valence-corrected chi connectivity index (χ3v) is 10.7. The number of rotatable bonds is 10. The lowest BCUT2D eigenvalue weighted by Crippen LogP contribution is -2.55. The summed E-state index contributed by atoms with van der Waals surface area (Å²) in [6.45, 7) is 4.27. The Morgan fingerprint density at radius 3 is 1.90 bits per heavy atom. The van der Waals surface area contributed by atoms with Gasteiger partial charge in [-0.15, -0.1) is 0 Å². The molecular formula is C29H42O9Si. The summed E-state index contributed by atoms with van der Waals surface area (Å²) in [4.78, 5) is 34.9. The number of carbonyl (C=O) groups is 3. The third kappa shape index (κ3) is 7.54. The van der Waals surface area contributed by atoms with Gasteiger partial charge in [0.05, 0.1) is 19.3 Å². The molecule has 1 aromatic carbocycles. The van der Waals surface area contributed by atoms with E-state index in [0.29, 0.717) is 30.6 Å². The number of carbonyl (C=O) groups excluding carboxylic acids is 3. The van der Waals surface area contributed by atoms with E-state index < -0.39 is 32.5 Å². The Morgan fingerprint density at radius 1 is 0.846 bits per heavy atom. The largest absolute Gasteiger partial charge is 0.705 e. The second-order valence-corrected chi connectivity index (χ2v) is 13.4. The zero-order valence-electron chi connectivity index (χ0n) is 23.5. The van der Waals surface area contributed by atoms with Crippen LogP contribution in [0.2, 0.25) is 6.04 Å². The molecule has 0 spiro atoms. The van der Waals surface area contributed by atoms with Crippen molar-refractivity contribution in [2.75, 3.05) is 6.61 Å². The fourth-order valence-corrected chi connectivity index (χ4v) is 8.67. The van der Waals surface area contributed by atoms with Crippen LogP contribution in [0.15, 0.2) is 18.2 Å². The highest BCUT2D eigenvalue weighted by atomic mass is 28.4. The summed E-state index contributed by atoms with van der Waals surface area (Å²) in [6.07, 6.45) is 12.5. The van der Waals surface area contributed by atoms with Crippen LogP contribution in [0.3, 0.4) is 0 Å². The zero-order chi connectivity index (χ0) is 27.9. The molecule has 4 rings (SSSR count). The molecule has 1 heterocycles. The van der Waals surface area contributed by atoms with Crippen molar-refractivity contribution in [1.82, 2.24) is 0 Å². The first-order valence-corrected chi connectivity index (χ1v) is 16.3. The molecule has 0 radical (unpaired) electrons. The van der Waals surface area contributed by atoms with E-state index in [-0.39, 0.29) is 12.7 Å². The first-order chi connectivity index (χ1) is 18.7. The molecule has 0 unspecified atom stereocenters. The van der Waals surface area contributed by atoms with Gasteiger partial charge in [-0.2, -0.15) is 0 Å². The number of benzene rings is 1. The van der Waals surface area contributed by atoms with Crippen LogP contribution < -0.4 is 9.47 Å². The third-order valence-electron chi connectivity index (χ3n) is 7.90. The number of hydrogen-bond acceptors (Lipinski definition) is 9. The molecule has 39 heavy (non-hydrogen) atoms. The second-order valence-electron chi connectivity index (χ2n) is 11.0. The van der Waals surface area contributed by atoms with E-state index in [0.717, 1.165) is 37.0 Å². The molecule has 0 bridgehead atoms. The van der Waals surface area contributed by atoms with Gasteiger partial charge in [0.2, 0.25) is 5.79 Å². The summed E-state index contributed by atoms with van der Waals surface area (Å²) in [6, 6.07) is 5.87. The predicted molar refractivity (Wildman–Crippen MR) is 144 cm³/mol. The first kappa shape index (κ1) is 29.4.